The number of aromatic nitrogens is 2. The zero-order chi connectivity index (χ0) is 12.3. The molecule has 0 bridgehead atoms. The van der Waals surface area contributed by atoms with E-state index in [9.17, 15) is 4.39 Å². The maximum atomic E-state index is 12.9. The van der Waals surface area contributed by atoms with Crippen molar-refractivity contribution in [2.75, 3.05) is 5.32 Å². The van der Waals surface area contributed by atoms with Crippen LogP contribution in [0, 0.1) is 12.9 Å². The molecule has 0 radical (unpaired) electrons. The van der Waals surface area contributed by atoms with Crippen molar-refractivity contribution in [3.63, 3.8) is 0 Å². The van der Waals surface area contributed by atoms with Gasteiger partial charge in [-0.15, -0.1) is 0 Å². The minimum atomic E-state index is -0.529. The quantitative estimate of drug-likeness (QED) is 0.825. The lowest BCUT2D eigenvalue weighted by Crippen LogP contribution is -2.08. The molecule has 0 aliphatic carbocycles. The van der Waals surface area contributed by atoms with Crippen LogP contribution in [0.2, 0.25) is 0 Å². The van der Waals surface area contributed by atoms with Crippen LogP contribution in [0.4, 0.5) is 10.2 Å². The Morgan fingerprint density at radius 1 is 1.18 bits per heavy atom. The molecule has 0 spiro atoms. The molecule has 1 N–H and O–H groups in total. The minimum Gasteiger partial charge on any atom is -0.363 e. The second kappa shape index (κ2) is 4.91. The molecule has 0 saturated heterocycles. The molecule has 0 aliphatic heterocycles. The molecule has 0 saturated carbocycles. The molecule has 88 valence electrons. The largest absolute Gasteiger partial charge is 0.363 e. The average Bonchev–Trinajstić information content (AvgIpc) is 2.29. The van der Waals surface area contributed by atoms with E-state index in [4.69, 9.17) is 0 Å². The number of hydrogen-bond acceptors (Lipinski definition) is 3. The van der Waals surface area contributed by atoms with Crippen molar-refractivity contribution < 1.29 is 4.39 Å². The van der Waals surface area contributed by atoms with Gasteiger partial charge in [-0.05, 0) is 19.4 Å². The third-order valence-corrected chi connectivity index (χ3v) is 2.58. The van der Waals surface area contributed by atoms with Gasteiger partial charge in [-0.25, -0.2) is 9.97 Å². The smallest absolute Gasteiger partial charge is 0.217 e. The first-order valence-electron chi connectivity index (χ1n) is 5.46. The maximum Gasteiger partial charge on any atom is 0.217 e. The summed E-state index contributed by atoms with van der Waals surface area (Å²) in [5, 5.41) is 3.13. The van der Waals surface area contributed by atoms with Crippen LogP contribution in [-0.2, 0) is 0 Å². The minimum absolute atomic E-state index is 0.0740. The lowest BCUT2D eigenvalue weighted by atomic mass is 10.1. The van der Waals surface area contributed by atoms with E-state index in [1.54, 1.807) is 0 Å². The van der Waals surface area contributed by atoms with Crippen LogP contribution >= 0.6 is 0 Å². The van der Waals surface area contributed by atoms with Gasteiger partial charge in [-0.2, -0.15) is 4.39 Å². The van der Waals surface area contributed by atoms with Gasteiger partial charge in [0.1, 0.15) is 12.1 Å². The number of hydrogen-bond donors (Lipinski definition) is 1. The molecule has 0 amide bonds. The van der Waals surface area contributed by atoms with Crippen molar-refractivity contribution in [2.45, 2.75) is 19.9 Å². The molecule has 0 aliphatic rings. The number of rotatable bonds is 3. The summed E-state index contributed by atoms with van der Waals surface area (Å²) in [5.74, 6) is -0.0378. The highest BCUT2D eigenvalue weighted by Crippen LogP contribution is 2.17. The van der Waals surface area contributed by atoms with E-state index in [-0.39, 0.29) is 6.04 Å². The molecule has 3 nitrogen and oxygen atoms in total. The van der Waals surface area contributed by atoms with Crippen LogP contribution in [0.5, 0.6) is 0 Å². The van der Waals surface area contributed by atoms with Gasteiger partial charge < -0.3 is 5.32 Å². The normalized spacial score (nSPS) is 12.2. The Morgan fingerprint density at radius 2 is 1.88 bits per heavy atom. The van der Waals surface area contributed by atoms with E-state index in [1.807, 2.05) is 38.1 Å². The number of anilines is 1. The molecular weight excluding hydrogens is 217 g/mol. The lowest BCUT2D eigenvalue weighted by Gasteiger charge is -2.14. The standard InChI is InChI=1S/C13H14FN3/c1-9-3-5-11(6-4-9)10(2)17-13-7-12(14)15-8-16-13/h3-8,10H,1-2H3,(H,15,16,17). The summed E-state index contributed by atoms with van der Waals surface area (Å²) in [7, 11) is 0. The molecular formula is C13H14FN3. The highest BCUT2D eigenvalue weighted by atomic mass is 19.1. The number of nitrogens with one attached hydrogen (secondary N) is 1. The van der Waals surface area contributed by atoms with E-state index < -0.39 is 5.95 Å². The van der Waals surface area contributed by atoms with Gasteiger partial charge in [-0.3, -0.25) is 0 Å². The van der Waals surface area contributed by atoms with Gasteiger partial charge >= 0.3 is 0 Å². The predicted octanol–water partition coefficient (Wildman–Crippen LogP) is 3.10. The summed E-state index contributed by atoms with van der Waals surface area (Å²) in [6, 6.07) is 9.55. The van der Waals surface area contributed by atoms with Crippen LogP contribution in [-0.4, -0.2) is 9.97 Å². The molecule has 2 rings (SSSR count). The number of benzene rings is 1. The number of halogens is 1. The Kier molecular flexibility index (Phi) is 3.32. The van der Waals surface area contributed by atoms with Crippen molar-refractivity contribution in [1.82, 2.24) is 9.97 Å². The maximum absolute atomic E-state index is 12.9. The van der Waals surface area contributed by atoms with Crippen LogP contribution < -0.4 is 5.32 Å². The SMILES string of the molecule is Cc1ccc(C(C)Nc2cc(F)ncn2)cc1. The first-order valence-corrected chi connectivity index (χ1v) is 5.46. The molecule has 1 unspecified atom stereocenters. The fourth-order valence-corrected chi connectivity index (χ4v) is 1.57. The fraction of sp³-hybridized carbons (Fsp3) is 0.231. The third kappa shape index (κ3) is 3.00. The van der Waals surface area contributed by atoms with Gasteiger partial charge in [0.15, 0.2) is 0 Å². The molecule has 4 heteroatoms. The molecule has 0 fully saturated rings. The van der Waals surface area contributed by atoms with Crippen LogP contribution in [0.15, 0.2) is 36.7 Å². The molecule has 17 heavy (non-hydrogen) atoms. The van der Waals surface area contributed by atoms with Crippen molar-refractivity contribution >= 4 is 5.82 Å². The fourth-order valence-electron chi connectivity index (χ4n) is 1.57. The summed E-state index contributed by atoms with van der Waals surface area (Å²) >= 11 is 0. The Hall–Kier alpha value is -1.97. The highest BCUT2D eigenvalue weighted by Gasteiger charge is 2.06. The Balaban J connectivity index is 2.11. The van der Waals surface area contributed by atoms with Gasteiger partial charge in [0, 0.05) is 12.1 Å². The van der Waals surface area contributed by atoms with Gasteiger partial charge in [0.25, 0.3) is 0 Å². The summed E-state index contributed by atoms with van der Waals surface area (Å²) in [6.45, 7) is 4.05. The first kappa shape index (κ1) is 11.5. The van der Waals surface area contributed by atoms with Crippen molar-refractivity contribution in [1.29, 1.82) is 0 Å². The summed E-state index contributed by atoms with van der Waals surface area (Å²) in [6.07, 6.45) is 1.21. The Bertz CT molecular complexity index is 496. The van der Waals surface area contributed by atoms with E-state index in [2.05, 4.69) is 15.3 Å². The van der Waals surface area contributed by atoms with E-state index in [1.165, 1.54) is 18.0 Å². The third-order valence-electron chi connectivity index (χ3n) is 2.58. The topological polar surface area (TPSA) is 37.8 Å². The zero-order valence-corrected chi connectivity index (χ0v) is 9.81. The highest BCUT2D eigenvalue weighted by molar-refractivity contribution is 5.37. The number of aryl methyl sites for hydroxylation is 1. The molecule has 1 aromatic carbocycles. The summed E-state index contributed by atoms with van der Waals surface area (Å²) in [4.78, 5) is 7.37. The monoisotopic (exact) mass is 231 g/mol. The predicted molar refractivity (Wildman–Crippen MR) is 65.2 cm³/mol. The van der Waals surface area contributed by atoms with Crippen molar-refractivity contribution in [2.24, 2.45) is 0 Å². The second-order valence-corrected chi connectivity index (χ2v) is 4.00. The summed E-state index contributed by atoms with van der Waals surface area (Å²) in [5.41, 5.74) is 2.35. The van der Waals surface area contributed by atoms with Gasteiger partial charge in [0.2, 0.25) is 5.95 Å². The first-order chi connectivity index (χ1) is 8.15. The lowest BCUT2D eigenvalue weighted by molar-refractivity contribution is 0.579. The zero-order valence-electron chi connectivity index (χ0n) is 9.81. The van der Waals surface area contributed by atoms with Gasteiger partial charge in [0.05, 0.1) is 0 Å². The van der Waals surface area contributed by atoms with Crippen LogP contribution in [0.1, 0.15) is 24.1 Å². The van der Waals surface area contributed by atoms with Crippen molar-refractivity contribution in [3.8, 4) is 0 Å². The van der Waals surface area contributed by atoms with Crippen molar-refractivity contribution in [3.05, 3.63) is 53.7 Å². The van der Waals surface area contributed by atoms with E-state index in [0.29, 0.717) is 5.82 Å². The van der Waals surface area contributed by atoms with E-state index in [0.717, 1.165) is 5.56 Å². The summed E-state index contributed by atoms with van der Waals surface area (Å²) < 4.78 is 12.9. The Labute approximate surface area is 99.7 Å². The van der Waals surface area contributed by atoms with Crippen LogP contribution in [0.25, 0.3) is 0 Å². The molecule has 1 atom stereocenters. The second-order valence-electron chi connectivity index (χ2n) is 4.00. The molecule has 1 heterocycles. The Morgan fingerprint density at radius 3 is 2.53 bits per heavy atom. The van der Waals surface area contributed by atoms with Gasteiger partial charge in [-0.1, -0.05) is 29.8 Å². The number of nitrogens with zero attached hydrogens (tertiary/aromatic N) is 2. The average molecular weight is 231 g/mol. The van der Waals surface area contributed by atoms with Crippen LogP contribution in [0.3, 0.4) is 0 Å². The molecule has 1 aromatic heterocycles. The molecule has 2 aromatic rings. The van der Waals surface area contributed by atoms with E-state index >= 15 is 0 Å².